The average Bonchev–Trinajstić information content (AvgIpc) is 2.61. The first-order valence-corrected chi connectivity index (χ1v) is 9.19. The Bertz CT molecular complexity index is 958. The fraction of sp³-hybridized carbons (Fsp3) is 0.235. The number of benzene rings is 2. The highest BCUT2D eigenvalue weighted by Crippen LogP contribution is 2.34. The first-order chi connectivity index (χ1) is 12.3. The minimum atomic E-state index is -3.88. The minimum absolute atomic E-state index is 0.00973. The highest BCUT2D eigenvalue weighted by molar-refractivity contribution is 7.92. The number of nitrogens with one attached hydrogen (secondary N) is 2. The van der Waals surface area contributed by atoms with Crippen LogP contribution in [0.5, 0.6) is 17.2 Å². The molecule has 9 heteroatoms. The largest absolute Gasteiger partial charge is 0.493 e. The Labute approximate surface area is 151 Å². The zero-order valence-corrected chi connectivity index (χ0v) is 15.2. The SMILES string of the molecule is COc1ccc(NS(=O)(=O)c2ccc3c(c2)NC(=O)C(C)O3)cc1OC. The lowest BCUT2D eigenvalue weighted by Crippen LogP contribution is -2.34. The van der Waals surface area contributed by atoms with Crippen molar-refractivity contribution >= 4 is 27.3 Å². The van der Waals surface area contributed by atoms with E-state index in [1.54, 1.807) is 19.1 Å². The number of hydrogen-bond acceptors (Lipinski definition) is 6. The molecular weight excluding hydrogens is 360 g/mol. The van der Waals surface area contributed by atoms with E-state index in [0.29, 0.717) is 28.6 Å². The molecule has 0 bridgehead atoms. The fourth-order valence-corrected chi connectivity index (χ4v) is 3.54. The van der Waals surface area contributed by atoms with Crippen LogP contribution in [0.15, 0.2) is 41.3 Å². The third-order valence-corrected chi connectivity index (χ3v) is 5.21. The zero-order chi connectivity index (χ0) is 18.9. The monoisotopic (exact) mass is 378 g/mol. The number of carbonyl (C=O) groups excluding carboxylic acids is 1. The summed E-state index contributed by atoms with van der Waals surface area (Å²) in [7, 11) is -0.922. The van der Waals surface area contributed by atoms with Crippen molar-refractivity contribution in [3.63, 3.8) is 0 Å². The maximum absolute atomic E-state index is 12.7. The van der Waals surface area contributed by atoms with Crippen molar-refractivity contribution in [1.82, 2.24) is 0 Å². The van der Waals surface area contributed by atoms with Crippen molar-refractivity contribution in [2.24, 2.45) is 0 Å². The quantitative estimate of drug-likeness (QED) is 0.827. The van der Waals surface area contributed by atoms with Gasteiger partial charge in [0.15, 0.2) is 17.6 Å². The normalized spacial score (nSPS) is 16.1. The van der Waals surface area contributed by atoms with E-state index in [2.05, 4.69) is 10.0 Å². The second-order valence-electron chi connectivity index (χ2n) is 5.58. The van der Waals surface area contributed by atoms with E-state index in [1.165, 1.54) is 38.5 Å². The molecule has 0 aromatic heterocycles. The van der Waals surface area contributed by atoms with Gasteiger partial charge in [-0.2, -0.15) is 0 Å². The van der Waals surface area contributed by atoms with Crippen LogP contribution in [0.1, 0.15) is 6.92 Å². The smallest absolute Gasteiger partial charge is 0.265 e. The maximum atomic E-state index is 12.7. The van der Waals surface area contributed by atoms with Crippen molar-refractivity contribution in [2.45, 2.75) is 17.9 Å². The number of anilines is 2. The number of hydrogen-bond donors (Lipinski definition) is 2. The van der Waals surface area contributed by atoms with Gasteiger partial charge in [0, 0.05) is 6.07 Å². The summed E-state index contributed by atoms with van der Waals surface area (Å²) in [6, 6.07) is 8.94. The highest BCUT2D eigenvalue weighted by Gasteiger charge is 2.25. The summed E-state index contributed by atoms with van der Waals surface area (Å²) in [4.78, 5) is 11.7. The van der Waals surface area contributed by atoms with E-state index in [1.807, 2.05) is 0 Å². The molecule has 1 aliphatic rings. The van der Waals surface area contributed by atoms with Crippen LogP contribution in [0, 0.1) is 0 Å². The number of sulfonamides is 1. The second kappa shape index (κ2) is 6.75. The van der Waals surface area contributed by atoms with Crippen LogP contribution in [0.2, 0.25) is 0 Å². The van der Waals surface area contributed by atoms with Crippen LogP contribution in [-0.4, -0.2) is 34.6 Å². The summed E-state index contributed by atoms with van der Waals surface area (Å²) in [5, 5.41) is 2.63. The Morgan fingerprint density at radius 3 is 2.50 bits per heavy atom. The molecule has 138 valence electrons. The third kappa shape index (κ3) is 3.38. The van der Waals surface area contributed by atoms with E-state index in [4.69, 9.17) is 14.2 Å². The second-order valence-corrected chi connectivity index (χ2v) is 7.26. The predicted molar refractivity (Wildman–Crippen MR) is 95.5 cm³/mol. The molecule has 1 atom stereocenters. The van der Waals surface area contributed by atoms with Gasteiger partial charge in [-0.25, -0.2) is 8.42 Å². The molecule has 3 rings (SSSR count). The van der Waals surface area contributed by atoms with Crippen LogP contribution in [-0.2, 0) is 14.8 Å². The molecule has 0 spiro atoms. The first-order valence-electron chi connectivity index (χ1n) is 7.70. The van der Waals surface area contributed by atoms with Gasteiger partial charge in [-0.1, -0.05) is 0 Å². The number of ether oxygens (including phenoxy) is 3. The van der Waals surface area contributed by atoms with Gasteiger partial charge in [-0.15, -0.1) is 0 Å². The summed E-state index contributed by atoms with van der Waals surface area (Å²) >= 11 is 0. The molecule has 0 saturated heterocycles. The molecule has 2 aromatic rings. The van der Waals surface area contributed by atoms with Crippen LogP contribution in [0.4, 0.5) is 11.4 Å². The van der Waals surface area contributed by atoms with Crippen molar-refractivity contribution in [3.05, 3.63) is 36.4 Å². The van der Waals surface area contributed by atoms with Gasteiger partial charge >= 0.3 is 0 Å². The number of fused-ring (bicyclic) bond motifs is 1. The zero-order valence-electron chi connectivity index (χ0n) is 14.4. The summed E-state index contributed by atoms with van der Waals surface area (Å²) in [6.45, 7) is 1.61. The summed E-state index contributed by atoms with van der Waals surface area (Å²) in [5.41, 5.74) is 0.623. The summed E-state index contributed by atoms with van der Waals surface area (Å²) < 4.78 is 43.5. The molecular formula is C17H18N2O6S. The Balaban J connectivity index is 1.89. The Kier molecular flexibility index (Phi) is 4.64. The summed E-state index contributed by atoms with van der Waals surface area (Å²) in [5.74, 6) is 0.966. The molecule has 0 saturated carbocycles. The van der Waals surface area contributed by atoms with E-state index in [0.717, 1.165) is 0 Å². The summed E-state index contributed by atoms with van der Waals surface area (Å²) in [6.07, 6.45) is -0.630. The molecule has 26 heavy (non-hydrogen) atoms. The Morgan fingerprint density at radius 2 is 1.81 bits per heavy atom. The molecule has 0 fully saturated rings. The van der Waals surface area contributed by atoms with Crippen molar-refractivity contribution in [2.75, 3.05) is 24.3 Å². The van der Waals surface area contributed by atoms with Gasteiger partial charge in [-0.3, -0.25) is 9.52 Å². The fourth-order valence-electron chi connectivity index (χ4n) is 2.47. The van der Waals surface area contributed by atoms with Crippen LogP contribution in [0.3, 0.4) is 0 Å². The number of carbonyl (C=O) groups is 1. The molecule has 0 aliphatic carbocycles. The number of methoxy groups -OCH3 is 2. The molecule has 0 radical (unpaired) electrons. The molecule has 1 heterocycles. The molecule has 2 N–H and O–H groups in total. The predicted octanol–water partition coefficient (Wildman–Crippen LogP) is 2.22. The van der Waals surface area contributed by atoms with Crippen LogP contribution < -0.4 is 24.2 Å². The van der Waals surface area contributed by atoms with Crippen molar-refractivity contribution in [1.29, 1.82) is 0 Å². The van der Waals surface area contributed by atoms with E-state index >= 15 is 0 Å². The van der Waals surface area contributed by atoms with Crippen LogP contribution >= 0.6 is 0 Å². The molecule has 1 aliphatic heterocycles. The van der Waals surface area contributed by atoms with Gasteiger partial charge in [0.25, 0.3) is 15.9 Å². The maximum Gasteiger partial charge on any atom is 0.265 e. The average molecular weight is 378 g/mol. The van der Waals surface area contributed by atoms with Crippen LogP contribution in [0.25, 0.3) is 0 Å². The Hall–Kier alpha value is -2.94. The van der Waals surface area contributed by atoms with Gasteiger partial charge in [-0.05, 0) is 37.3 Å². The standard InChI is InChI=1S/C17H18N2O6S/c1-10-17(20)18-13-9-12(5-7-14(13)25-10)26(21,22)19-11-4-6-15(23-2)16(8-11)24-3/h4-10,19H,1-3H3,(H,18,20). The topological polar surface area (TPSA) is 103 Å². The third-order valence-electron chi connectivity index (χ3n) is 3.83. The highest BCUT2D eigenvalue weighted by atomic mass is 32.2. The first kappa shape index (κ1) is 17.9. The van der Waals surface area contributed by atoms with Gasteiger partial charge in [0.2, 0.25) is 0 Å². The molecule has 1 amide bonds. The van der Waals surface area contributed by atoms with Gasteiger partial charge in [0.05, 0.1) is 30.5 Å². The Morgan fingerprint density at radius 1 is 1.08 bits per heavy atom. The molecule has 2 aromatic carbocycles. The lowest BCUT2D eigenvalue weighted by atomic mass is 10.2. The number of rotatable bonds is 5. The van der Waals surface area contributed by atoms with Crippen molar-refractivity contribution < 1.29 is 27.4 Å². The van der Waals surface area contributed by atoms with Gasteiger partial charge in [0.1, 0.15) is 5.75 Å². The van der Waals surface area contributed by atoms with E-state index < -0.39 is 16.1 Å². The minimum Gasteiger partial charge on any atom is -0.493 e. The molecule has 1 unspecified atom stereocenters. The van der Waals surface area contributed by atoms with Crippen molar-refractivity contribution in [3.8, 4) is 17.2 Å². The van der Waals surface area contributed by atoms with Gasteiger partial charge < -0.3 is 19.5 Å². The number of amides is 1. The lowest BCUT2D eigenvalue weighted by Gasteiger charge is -2.23. The van der Waals surface area contributed by atoms with E-state index in [9.17, 15) is 13.2 Å². The molecule has 8 nitrogen and oxygen atoms in total. The van der Waals surface area contributed by atoms with E-state index in [-0.39, 0.29) is 10.8 Å². The lowest BCUT2D eigenvalue weighted by molar-refractivity contribution is -0.122.